The highest BCUT2D eigenvalue weighted by Crippen LogP contribution is 2.38. The molecule has 0 radical (unpaired) electrons. The van der Waals surface area contributed by atoms with Crippen molar-refractivity contribution in [1.82, 2.24) is 0 Å². The number of hydrogen-bond donors (Lipinski definition) is 0. The van der Waals surface area contributed by atoms with Crippen molar-refractivity contribution in [1.29, 1.82) is 0 Å². The Morgan fingerprint density at radius 2 is 1.26 bits per heavy atom. The van der Waals surface area contributed by atoms with Gasteiger partial charge in [0.25, 0.3) is 0 Å². The molecule has 0 aromatic heterocycles. The van der Waals surface area contributed by atoms with Crippen LogP contribution in [0.2, 0.25) is 0 Å². The van der Waals surface area contributed by atoms with Gasteiger partial charge in [0.2, 0.25) is 0 Å². The molecule has 0 unspecified atom stereocenters. The lowest BCUT2D eigenvalue weighted by Crippen LogP contribution is -2.31. The van der Waals surface area contributed by atoms with Crippen LogP contribution < -0.4 is 0 Å². The molecule has 2 aliphatic rings. The largest absolute Gasteiger partial charge is 0.373 e. The maximum absolute atomic E-state index is 6.12. The van der Waals surface area contributed by atoms with Gasteiger partial charge in [-0.15, -0.1) is 0 Å². The average molecular weight is 463 g/mol. The van der Waals surface area contributed by atoms with E-state index in [2.05, 4.69) is 62.4 Å². The van der Waals surface area contributed by atoms with Crippen LogP contribution >= 0.6 is 0 Å². The normalized spacial score (nSPS) is 25.4. The van der Waals surface area contributed by atoms with Gasteiger partial charge >= 0.3 is 0 Å². The summed E-state index contributed by atoms with van der Waals surface area (Å²) in [5.74, 6) is 1.74. The molecular formula is C32H46O2. The van der Waals surface area contributed by atoms with Gasteiger partial charge in [-0.25, -0.2) is 0 Å². The number of ether oxygens (including phenoxy) is 2. The van der Waals surface area contributed by atoms with Crippen LogP contribution in [-0.4, -0.2) is 19.3 Å². The van der Waals surface area contributed by atoms with Crippen LogP contribution in [0.3, 0.4) is 0 Å². The predicted octanol–water partition coefficient (Wildman–Crippen LogP) is 9.24. The first-order valence-corrected chi connectivity index (χ1v) is 14.2. The molecule has 2 aromatic rings. The second-order valence-corrected chi connectivity index (χ2v) is 10.7. The molecule has 0 spiro atoms. The van der Waals surface area contributed by atoms with Crippen molar-refractivity contribution >= 4 is 0 Å². The molecule has 1 saturated heterocycles. The molecule has 1 aliphatic carbocycles. The van der Waals surface area contributed by atoms with Crippen molar-refractivity contribution in [2.75, 3.05) is 13.2 Å². The van der Waals surface area contributed by atoms with Crippen LogP contribution in [-0.2, 0) is 9.47 Å². The first kappa shape index (κ1) is 25.5. The quantitative estimate of drug-likeness (QED) is 0.310. The van der Waals surface area contributed by atoms with Gasteiger partial charge in [-0.3, -0.25) is 0 Å². The molecule has 2 heteroatoms. The van der Waals surface area contributed by atoms with E-state index in [1.54, 1.807) is 0 Å². The summed E-state index contributed by atoms with van der Waals surface area (Å²) in [5, 5.41) is 0. The predicted molar refractivity (Wildman–Crippen MR) is 143 cm³/mol. The SMILES string of the molecule is CCCCCC[C@H]1CC[C@H](c2ccc(-c3ccc([C@H]4CO[C@H](CCCC)CO4)cc3)cc2)CC1. The van der Waals surface area contributed by atoms with E-state index in [9.17, 15) is 0 Å². The van der Waals surface area contributed by atoms with E-state index in [0.717, 1.165) is 18.3 Å². The van der Waals surface area contributed by atoms with Crippen molar-refractivity contribution < 1.29 is 9.47 Å². The molecule has 0 amide bonds. The molecule has 1 aliphatic heterocycles. The third kappa shape index (κ3) is 7.18. The van der Waals surface area contributed by atoms with Crippen LogP contribution in [0.1, 0.15) is 114 Å². The minimum atomic E-state index is 0.0658. The Hall–Kier alpha value is -1.64. The Balaban J connectivity index is 1.25. The fourth-order valence-corrected chi connectivity index (χ4v) is 5.82. The smallest absolute Gasteiger partial charge is 0.106 e. The van der Waals surface area contributed by atoms with Crippen LogP contribution in [0, 0.1) is 5.92 Å². The zero-order valence-corrected chi connectivity index (χ0v) is 21.6. The molecule has 1 saturated carbocycles. The first-order valence-electron chi connectivity index (χ1n) is 14.2. The van der Waals surface area contributed by atoms with Crippen LogP contribution in [0.25, 0.3) is 11.1 Å². The van der Waals surface area contributed by atoms with Crippen molar-refractivity contribution in [3.05, 3.63) is 59.7 Å². The van der Waals surface area contributed by atoms with E-state index < -0.39 is 0 Å². The summed E-state index contributed by atoms with van der Waals surface area (Å²) in [4.78, 5) is 0. The Labute approximate surface area is 208 Å². The number of unbranched alkanes of at least 4 members (excludes halogenated alkanes) is 4. The lowest BCUT2D eigenvalue weighted by molar-refractivity contribution is -0.137. The third-order valence-electron chi connectivity index (χ3n) is 8.16. The summed E-state index contributed by atoms with van der Waals surface area (Å²) in [6.45, 7) is 5.91. The van der Waals surface area contributed by atoms with Crippen molar-refractivity contribution in [3.8, 4) is 11.1 Å². The highest BCUT2D eigenvalue weighted by Gasteiger charge is 2.24. The van der Waals surface area contributed by atoms with Gasteiger partial charge in [0.1, 0.15) is 6.10 Å². The van der Waals surface area contributed by atoms with E-state index >= 15 is 0 Å². The lowest BCUT2D eigenvalue weighted by atomic mass is 9.77. The van der Waals surface area contributed by atoms with E-state index in [0.29, 0.717) is 13.2 Å². The fraction of sp³-hybridized carbons (Fsp3) is 0.625. The van der Waals surface area contributed by atoms with Gasteiger partial charge in [0.05, 0.1) is 19.3 Å². The monoisotopic (exact) mass is 462 g/mol. The first-order chi connectivity index (χ1) is 16.8. The lowest BCUT2D eigenvalue weighted by Gasteiger charge is -2.30. The minimum absolute atomic E-state index is 0.0658. The van der Waals surface area contributed by atoms with Gasteiger partial charge in [-0.2, -0.15) is 0 Å². The third-order valence-corrected chi connectivity index (χ3v) is 8.16. The molecule has 186 valence electrons. The Bertz CT molecular complexity index is 809. The van der Waals surface area contributed by atoms with Gasteiger partial charge < -0.3 is 9.47 Å². The fourth-order valence-electron chi connectivity index (χ4n) is 5.82. The molecule has 4 rings (SSSR count). The molecule has 34 heavy (non-hydrogen) atoms. The second-order valence-electron chi connectivity index (χ2n) is 10.7. The zero-order valence-electron chi connectivity index (χ0n) is 21.6. The Morgan fingerprint density at radius 1 is 0.618 bits per heavy atom. The molecule has 2 fully saturated rings. The van der Waals surface area contributed by atoms with Gasteiger partial charge in [0.15, 0.2) is 0 Å². The number of rotatable bonds is 11. The van der Waals surface area contributed by atoms with E-state index in [-0.39, 0.29) is 12.2 Å². The molecule has 0 bridgehead atoms. The van der Waals surface area contributed by atoms with E-state index in [4.69, 9.17) is 9.47 Å². The van der Waals surface area contributed by atoms with Crippen molar-refractivity contribution in [2.24, 2.45) is 5.92 Å². The summed E-state index contributed by atoms with van der Waals surface area (Å²) in [5.41, 5.74) is 5.35. The summed E-state index contributed by atoms with van der Waals surface area (Å²) in [6, 6.07) is 18.3. The second kappa shape index (κ2) is 13.4. The molecule has 2 nitrogen and oxygen atoms in total. The van der Waals surface area contributed by atoms with Gasteiger partial charge in [-0.1, -0.05) is 107 Å². The standard InChI is InChI=1S/C32H46O2/c1-3-5-7-8-9-25-11-13-26(14-12-25)27-15-17-28(18-16-27)29-19-21-30(22-20-29)32-24-33-31(23-34-32)10-6-4-2/h15-22,25-26,31-32H,3-14,23-24H2,1-2H3/t25-,26-,31-,32-/m1/s1. The Morgan fingerprint density at radius 3 is 1.85 bits per heavy atom. The van der Waals surface area contributed by atoms with E-state index in [1.807, 2.05) is 0 Å². The van der Waals surface area contributed by atoms with Crippen LogP contribution in [0.15, 0.2) is 48.5 Å². The maximum Gasteiger partial charge on any atom is 0.106 e. The van der Waals surface area contributed by atoms with Crippen molar-refractivity contribution in [2.45, 2.75) is 109 Å². The topological polar surface area (TPSA) is 18.5 Å². The highest BCUT2D eigenvalue weighted by atomic mass is 16.6. The zero-order chi connectivity index (χ0) is 23.6. The molecule has 0 N–H and O–H groups in total. The molecule has 1 heterocycles. The number of hydrogen-bond acceptors (Lipinski definition) is 2. The average Bonchev–Trinajstić information content (AvgIpc) is 2.91. The maximum atomic E-state index is 6.12. The van der Waals surface area contributed by atoms with Crippen LogP contribution in [0.5, 0.6) is 0 Å². The summed E-state index contributed by atoms with van der Waals surface area (Å²) in [7, 11) is 0. The molecular weight excluding hydrogens is 416 g/mol. The van der Waals surface area contributed by atoms with E-state index in [1.165, 1.54) is 92.9 Å². The molecule has 2 aromatic carbocycles. The summed E-state index contributed by atoms with van der Waals surface area (Å²) < 4.78 is 12.2. The summed E-state index contributed by atoms with van der Waals surface area (Å²) in [6.07, 6.45) is 16.5. The number of benzene rings is 2. The van der Waals surface area contributed by atoms with Crippen molar-refractivity contribution in [3.63, 3.8) is 0 Å². The highest BCUT2D eigenvalue weighted by molar-refractivity contribution is 5.64. The van der Waals surface area contributed by atoms with Crippen LogP contribution in [0.4, 0.5) is 0 Å². The summed E-state index contributed by atoms with van der Waals surface area (Å²) >= 11 is 0. The molecule has 2 atom stereocenters. The van der Waals surface area contributed by atoms with Gasteiger partial charge in [0, 0.05) is 0 Å². The minimum Gasteiger partial charge on any atom is -0.373 e. The van der Waals surface area contributed by atoms with Gasteiger partial charge in [-0.05, 0) is 66.2 Å². The Kier molecular flexibility index (Phi) is 10.1.